The van der Waals surface area contributed by atoms with E-state index in [1.54, 1.807) is 0 Å². The number of carbonyl (C=O) groups excluding carboxylic acids is 2. The van der Waals surface area contributed by atoms with E-state index in [-0.39, 0.29) is 24.0 Å². The highest BCUT2D eigenvalue weighted by molar-refractivity contribution is 6.30. The number of nitrogens with zero attached hydrogens (tertiary/aromatic N) is 4. The van der Waals surface area contributed by atoms with E-state index in [0.29, 0.717) is 37.5 Å². The van der Waals surface area contributed by atoms with Crippen LogP contribution in [0, 0.1) is 5.92 Å². The highest BCUT2D eigenvalue weighted by Gasteiger charge is 2.37. The van der Waals surface area contributed by atoms with Crippen LogP contribution in [0.25, 0.3) is 0 Å². The predicted molar refractivity (Wildman–Crippen MR) is 173 cm³/mol. The summed E-state index contributed by atoms with van der Waals surface area (Å²) in [5.41, 5.74) is 1.13. The second-order valence-corrected chi connectivity index (χ2v) is 13.7. The van der Waals surface area contributed by atoms with E-state index in [4.69, 9.17) is 11.6 Å². The molecule has 2 saturated heterocycles. The van der Waals surface area contributed by atoms with Crippen molar-refractivity contribution < 1.29 is 9.59 Å². The lowest BCUT2D eigenvalue weighted by atomic mass is 9.91. The SMILES string of the molecule is CCN(CC)C(=O)N(C1CCCCC1)C1CCN(C(=O)[C@H](Cc2ccc(Cl)cc2)NC2CCN(CC(C)C)CC2)CC1. The van der Waals surface area contributed by atoms with Gasteiger partial charge in [0.2, 0.25) is 5.91 Å². The molecular formula is C34H56ClN5O2. The molecule has 0 spiro atoms. The molecule has 0 unspecified atom stereocenters. The van der Waals surface area contributed by atoms with Gasteiger partial charge in [0.15, 0.2) is 0 Å². The maximum atomic E-state index is 14.1. The Kier molecular flexibility index (Phi) is 12.8. The molecule has 1 aliphatic carbocycles. The summed E-state index contributed by atoms with van der Waals surface area (Å²) in [6.45, 7) is 14.9. The van der Waals surface area contributed by atoms with Crippen LogP contribution in [0.3, 0.4) is 0 Å². The second kappa shape index (κ2) is 16.3. The van der Waals surface area contributed by atoms with E-state index >= 15 is 0 Å². The van der Waals surface area contributed by atoms with Crippen LogP contribution in [0.5, 0.6) is 0 Å². The Morgan fingerprint density at radius 2 is 1.48 bits per heavy atom. The molecule has 0 radical (unpaired) electrons. The number of halogens is 1. The molecule has 3 amide bonds. The first kappa shape index (κ1) is 33.1. The maximum absolute atomic E-state index is 14.1. The van der Waals surface area contributed by atoms with E-state index < -0.39 is 0 Å². The average molecular weight is 602 g/mol. The first-order valence-corrected chi connectivity index (χ1v) is 17.3. The van der Waals surface area contributed by atoms with Gasteiger partial charge in [0.25, 0.3) is 0 Å². The van der Waals surface area contributed by atoms with Gasteiger partial charge in [-0.3, -0.25) is 4.79 Å². The molecule has 3 aliphatic rings. The van der Waals surface area contributed by atoms with Gasteiger partial charge in [-0.2, -0.15) is 0 Å². The van der Waals surface area contributed by atoms with Crippen LogP contribution in [-0.2, 0) is 11.2 Å². The Balaban J connectivity index is 1.41. The fourth-order valence-electron chi connectivity index (χ4n) is 7.37. The van der Waals surface area contributed by atoms with Crippen LogP contribution in [0.15, 0.2) is 24.3 Å². The number of benzene rings is 1. The van der Waals surface area contributed by atoms with Gasteiger partial charge in [0.05, 0.1) is 6.04 Å². The number of hydrogen-bond donors (Lipinski definition) is 1. The van der Waals surface area contributed by atoms with Crippen molar-refractivity contribution >= 4 is 23.5 Å². The molecule has 1 aromatic rings. The molecule has 1 atom stereocenters. The number of nitrogens with one attached hydrogen (secondary N) is 1. The predicted octanol–water partition coefficient (Wildman–Crippen LogP) is 6.05. The summed E-state index contributed by atoms with van der Waals surface area (Å²) in [5, 5.41) is 4.52. The van der Waals surface area contributed by atoms with Crippen molar-refractivity contribution in [1.29, 1.82) is 0 Å². The summed E-state index contributed by atoms with van der Waals surface area (Å²) < 4.78 is 0. The molecule has 1 aromatic carbocycles. The topological polar surface area (TPSA) is 59.1 Å². The molecule has 0 bridgehead atoms. The van der Waals surface area contributed by atoms with Gasteiger partial charge in [-0.05, 0) is 95.5 Å². The second-order valence-electron chi connectivity index (χ2n) is 13.2. The maximum Gasteiger partial charge on any atom is 0.320 e. The van der Waals surface area contributed by atoms with Gasteiger partial charge < -0.3 is 24.9 Å². The number of amides is 3. The van der Waals surface area contributed by atoms with Gasteiger partial charge in [-0.25, -0.2) is 4.79 Å². The molecule has 7 nitrogen and oxygen atoms in total. The number of likely N-dealkylation sites (tertiary alicyclic amines) is 2. The number of piperidine rings is 2. The Hall–Kier alpha value is -1.83. The minimum Gasteiger partial charge on any atom is -0.341 e. The largest absolute Gasteiger partial charge is 0.341 e. The van der Waals surface area contributed by atoms with E-state index in [1.165, 1.54) is 19.3 Å². The van der Waals surface area contributed by atoms with Crippen LogP contribution < -0.4 is 5.32 Å². The van der Waals surface area contributed by atoms with Crippen LogP contribution in [0.2, 0.25) is 5.02 Å². The van der Waals surface area contributed by atoms with Gasteiger partial charge in [0.1, 0.15) is 0 Å². The third kappa shape index (κ3) is 9.09. The van der Waals surface area contributed by atoms with Crippen molar-refractivity contribution in [3.8, 4) is 0 Å². The van der Waals surface area contributed by atoms with Crippen LogP contribution in [0.4, 0.5) is 4.79 Å². The highest BCUT2D eigenvalue weighted by Crippen LogP contribution is 2.29. The van der Waals surface area contributed by atoms with Gasteiger partial charge >= 0.3 is 6.03 Å². The van der Waals surface area contributed by atoms with Gasteiger partial charge in [0, 0.05) is 55.9 Å². The zero-order valence-corrected chi connectivity index (χ0v) is 27.5. The minimum absolute atomic E-state index is 0.197. The zero-order valence-electron chi connectivity index (χ0n) is 26.7. The van der Waals surface area contributed by atoms with Crippen molar-refractivity contribution in [2.75, 3.05) is 45.8 Å². The van der Waals surface area contributed by atoms with Crippen LogP contribution in [-0.4, -0.2) is 102 Å². The standard InChI is InChI=1S/C34H56ClN5O2/c1-5-38(6-2)34(42)40(30-10-8-7-9-11-30)31-18-22-39(23-19-31)33(41)32(24-27-12-14-28(35)15-13-27)36-29-16-20-37(21-17-29)25-26(3)4/h12-15,26,29-32,36H,5-11,16-25H2,1-4H3/t32-/m0/s1. The molecule has 8 heteroatoms. The molecule has 236 valence electrons. The summed E-state index contributed by atoms with van der Waals surface area (Å²) in [6.07, 6.45) is 10.4. The lowest BCUT2D eigenvalue weighted by Gasteiger charge is -2.45. The first-order chi connectivity index (χ1) is 20.3. The lowest BCUT2D eigenvalue weighted by Crippen LogP contribution is -2.58. The molecule has 0 aromatic heterocycles. The fraction of sp³-hybridized carbons (Fsp3) is 0.765. The molecule has 2 aliphatic heterocycles. The quantitative estimate of drug-likeness (QED) is 0.336. The molecule has 1 N–H and O–H groups in total. The summed E-state index contributed by atoms with van der Waals surface area (Å²) >= 11 is 6.17. The van der Waals surface area contributed by atoms with E-state index in [9.17, 15) is 9.59 Å². The van der Waals surface area contributed by atoms with E-state index in [2.05, 4.69) is 47.7 Å². The first-order valence-electron chi connectivity index (χ1n) is 16.9. The number of hydrogen-bond acceptors (Lipinski definition) is 4. The third-order valence-electron chi connectivity index (χ3n) is 9.69. The van der Waals surface area contributed by atoms with Crippen molar-refractivity contribution in [3.63, 3.8) is 0 Å². The third-order valence-corrected chi connectivity index (χ3v) is 9.94. The van der Waals surface area contributed by atoms with Crippen molar-refractivity contribution in [1.82, 2.24) is 24.9 Å². The molecule has 3 fully saturated rings. The van der Waals surface area contributed by atoms with Crippen molar-refractivity contribution in [2.45, 2.75) is 116 Å². The van der Waals surface area contributed by atoms with Gasteiger partial charge in [-0.15, -0.1) is 0 Å². The Morgan fingerprint density at radius 1 is 0.881 bits per heavy atom. The molecular weight excluding hydrogens is 546 g/mol. The molecule has 4 rings (SSSR count). The smallest absolute Gasteiger partial charge is 0.320 e. The van der Waals surface area contributed by atoms with Crippen molar-refractivity contribution in [2.24, 2.45) is 5.92 Å². The highest BCUT2D eigenvalue weighted by atomic mass is 35.5. The van der Waals surface area contributed by atoms with Crippen LogP contribution in [0.1, 0.15) is 91.0 Å². The molecule has 2 heterocycles. The average Bonchev–Trinajstić information content (AvgIpc) is 3.00. The number of urea groups is 1. The monoisotopic (exact) mass is 601 g/mol. The van der Waals surface area contributed by atoms with Crippen molar-refractivity contribution in [3.05, 3.63) is 34.9 Å². The van der Waals surface area contributed by atoms with E-state index in [0.717, 1.165) is 81.8 Å². The Morgan fingerprint density at radius 3 is 2.05 bits per heavy atom. The normalized spacial score (nSPS) is 20.6. The fourth-order valence-corrected chi connectivity index (χ4v) is 7.49. The number of carbonyl (C=O) groups is 2. The lowest BCUT2D eigenvalue weighted by molar-refractivity contribution is -0.135. The summed E-state index contributed by atoms with van der Waals surface area (Å²) in [4.78, 5) is 36.7. The number of rotatable bonds is 11. The molecule has 42 heavy (non-hydrogen) atoms. The molecule has 1 saturated carbocycles. The zero-order chi connectivity index (χ0) is 30.1. The Labute approximate surface area is 260 Å². The summed E-state index contributed by atoms with van der Waals surface area (Å²) in [7, 11) is 0. The summed E-state index contributed by atoms with van der Waals surface area (Å²) in [6, 6.07) is 8.76. The Bertz CT molecular complexity index is 963. The van der Waals surface area contributed by atoms with Gasteiger partial charge in [-0.1, -0.05) is 56.8 Å². The van der Waals surface area contributed by atoms with Crippen LogP contribution >= 0.6 is 11.6 Å². The van der Waals surface area contributed by atoms with E-state index in [1.807, 2.05) is 29.2 Å². The minimum atomic E-state index is -0.254. The summed E-state index contributed by atoms with van der Waals surface area (Å²) in [5.74, 6) is 0.875.